The lowest BCUT2D eigenvalue weighted by molar-refractivity contribution is -0.137. The van der Waals surface area contributed by atoms with Crippen molar-refractivity contribution in [1.82, 2.24) is 10.3 Å². The summed E-state index contributed by atoms with van der Waals surface area (Å²) in [5.41, 5.74) is 1.01. The fourth-order valence-electron chi connectivity index (χ4n) is 1.77. The van der Waals surface area contributed by atoms with E-state index in [0.29, 0.717) is 6.61 Å². The van der Waals surface area contributed by atoms with Gasteiger partial charge in [-0.15, -0.1) is 0 Å². The Morgan fingerprint density at radius 1 is 1.53 bits per heavy atom. The van der Waals surface area contributed by atoms with Crippen molar-refractivity contribution < 1.29 is 9.47 Å². The maximum Gasteiger partial charge on any atom is 0.163 e. The number of ether oxygens (including phenoxy) is 2. The molecule has 0 aliphatic carbocycles. The van der Waals surface area contributed by atoms with E-state index in [-0.39, 0.29) is 6.10 Å². The summed E-state index contributed by atoms with van der Waals surface area (Å²) in [6, 6.07) is 5.89. The molecule has 1 atom stereocenters. The molecule has 0 radical (unpaired) electrons. The monoisotopic (exact) mass is 300 g/mol. The van der Waals surface area contributed by atoms with E-state index >= 15 is 0 Å². The topological polar surface area (TPSA) is 43.4 Å². The molecule has 2 heterocycles. The van der Waals surface area contributed by atoms with Crippen molar-refractivity contribution in [3.8, 4) is 0 Å². The smallest absolute Gasteiger partial charge is 0.163 e. The van der Waals surface area contributed by atoms with Crippen molar-refractivity contribution in [2.75, 3.05) is 13.2 Å². The van der Waals surface area contributed by atoms with Crippen LogP contribution in [0.4, 0.5) is 0 Å². The van der Waals surface area contributed by atoms with E-state index in [2.05, 4.69) is 26.2 Å². The molecule has 1 unspecified atom stereocenters. The minimum absolute atomic E-state index is 0.122. The first-order valence-electron chi connectivity index (χ1n) is 5.69. The Morgan fingerprint density at radius 3 is 3.00 bits per heavy atom. The number of hydrogen-bond acceptors (Lipinski definition) is 4. The van der Waals surface area contributed by atoms with E-state index in [1.54, 1.807) is 0 Å². The van der Waals surface area contributed by atoms with Gasteiger partial charge in [0.1, 0.15) is 4.60 Å². The summed E-state index contributed by atoms with van der Waals surface area (Å²) >= 11 is 3.35. The third kappa shape index (κ3) is 4.03. The molecule has 17 heavy (non-hydrogen) atoms. The SMILES string of the molecule is CC1(C)OCC(CNCc2cccc(Br)n2)O1. The van der Waals surface area contributed by atoms with Gasteiger partial charge in [-0.1, -0.05) is 6.07 Å². The van der Waals surface area contributed by atoms with Gasteiger partial charge in [0.25, 0.3) is 0 Å². The van der Waals surface area contributed by atoms with Crippen LogP contribution in [0.1, 0.15) is 19.5 Å². The van der Waals surface area contributed by atoms with Gasteiger partial charge in [-0.05, 0) is 41.9 Å². The molecule has 1 aliphatic rings. The standard InChI is InChI=1S/C12H17BrN2O2/c1-12(2)16-8-10(17-12)7-14-6-9-4-3-5-11(13)15-9/h3-5,10,14H,6-8H2,1-2H3. The van der Waals surface area contributed by atoms with Crippen LogP contribution >= 0.6 is 15.9 Å². The first kappa shape index (κ1) is 13.0. The maximum atomic E-state index is 5.70. The number of hydrogen-bond donors (Lipinski definition) is 1. The average Bonchev–Trinajstić information content (AvgIpc) is 2.58. The van der Waals surface area contributed by atoms with Crippen LogP contribution in [0.5, 0.6) is 0 Å². The molecule has 1 aromatic heterocycles. The lowest BCUT2D eigenvalue weighted by Crippen LogP contribution is -2.30. The highest BCUT2D eigenvalue weighted by Crippen LogP contribution is 2.21. The molecule has 0 amide bonds. The van der Waals surface area contributed by atoms with Gasteiger partial charge in [0, 0.05) is 13.1 Å². The lowest BCUT2D eigenvalue weighted by Gasteiger charge is -2.17. The normalized spacial score (nSPS) is 22.9. The first-order valence-corrected chi connectivity index (χ1v) is 6.48. The molecule has 94 valence electrons. The second-order valence-corrected chi connectivity index (χ2v) is 5.35. The summed E-state index contributed by atoms with van der Waals surface area (Å²) in [7, 11) is 0. The van der Waals surface area contributed by atoms with E-state index in [9.17, 15) is 0 Å². The summed E-state index contributed by atoms with van der Waals surface area (Å²) in [6.45, 7) is 6.02. The molecule has 1 N–H and O–H groups in total. The molecule has 0 saturated carbocycles. The Bertz CT molecular complexity index is 385. The molecule has 5 heteroatoms. The van der Waals surface area contributed by atoms with Gasteiger partial charge in [0.15, 0.2) is 5.79 Å². The fourth-order valence-corrected chi connectivity index (χ4v) is 2.15. The molecule has 0 bridgehead atoms. The van der Waals surface area contributed by atoms with Gasteiger partial charge in [-0.25, -0.2) is 4.98 Å². The van der Waals surface area contributed by atoms with Gasteiger partial charge < -0.3 is 14.8 Å². The van der Waals surface area contributed by atoms with Gasteiger partial charge in [0.2, 0.25) is 0 Å². The van der Waals surface area contributed by atoms with Crippen molar-refractivity contribution in [3.63, 3.8) is 0 Å². The Hall–Kier alpha value is -0.490. The highest BCUT2D eigenvalue weighted by Gasteiger charge is 2.32. The Balaban J connectivity index is 1.73. The summed E-state index contributed by atoms with van der Waals surface area (Å²) in [5.74, 6) is -0.444. The minimum Gasteiger partial charge on any atom is -0.348 e. The first-order chi connectivity index (χ1) is 8.05. The van der Waals surface area contributed by atoms with Crippen LogP contribution in [0.15, 0.2) is 22.8 Å². The molecule has 1 saturated heterocycles. The Morgan fingerprint density at radius 2 is 2.35 bits per heavy atom. The van der Waals surface area contributed by atoms with E-state index in [4.69, 9.17) is 9.47 Å². The third-order valence-corrected chi connectivity index (χ3v) is 2.96. The molecular formula is C12H17BrN2O2. The van der Waals surface area contributed by atoms with Gasteiger partial charge in [-0.2, -0.15) is 0 Å². The molecule has 1 aromatic rings. The zero-order valence-corrected chi connectivity index (χ0v) is 11.7. The van der Waals surface area contributed by atoms with Crippen LogP contribution in [0.2, 0.25) is 0 Å². The molecule has 0 spiro atoms. The zero-order chi connectivity index (χ0) is 12.3. The lowest BCUT2D eigenvalue weighted by atomic mass is 10.3. The van der Waals surface area contributed by atoms with Crippen molar-refractivity contribution in [2.24, 2.45) is 0 Å². The summed E-state index contributed by atoms with van der Waals surface area (Å²) in [4.78, 5) is 4.35. The number of nitrogens with one attached hydrogen (secondary N) is 1. The highest BCUT2D eigenvalue weighted by molar-refractivity contribution is 9.10. The van der Waals surface area contributed by atoms with Crippen LogP contribution in [0.3, 0.4) is 0 Å². The average molecular weight is 301 g/mol. The number of rotatable bonds is 4. The van der Waals surface area contributed by atoms with Crippen LogP contribution < -0.4 is 5.32 Å². The van der Waals surface area contributed by atoms with Crippen LogP contribution in [-0.4, -0.2) is 30.0 Å². The van der Waals surface area contributed by atoms with Crippen molar-refractivity contribution in [3.05, 3.63) is 28.5 Å². The molecule has 0 aromatic carbocycles. The zero-order valence-electron chi connectivity index (χ0n) is 10.1. The Kier molecular flexibility index (Phi) is 4.14. The number of aromatic nitrogens is 1. The predicted molar refractivity (Wildman–Crippen MR) is 68.5 cm³/mol. The molecular weight excluding hydrogens is 284 g/mol. The van der Waals surface area contributed by atoms with Crippen LogP contribution in [0, 0.1) is 0 Å². The minimum atomic E-state index is -0.444. The quantitative estimate of drug-likeness (QED) is 0.865. The van der Waals surface area contributed by atoms with E-state index in [1.165, 1.54) is 0 Å². The van der Waals surface area contributed by atoms with Crippen LogP contribution in [-0.2, 0) is 16.0 Å². The Labute approximate surface area is 110 Å². The molecule has 2 rings (SSSR count). The van der Waals surface area contributed by atoms with Crippen molar-refractivity contribution >= 4 is 15.9 Å². The van der Waals surface area contributed by atoms with Gasteiger partial charge in [0.05, 0.1) is 18.4 Å². The van der Waals surface area contributed by atoms with Gasteiger partial charge >= 0.3 is 0 Å². The highest BCUT2D eigenvalue weighted by atomic mass is 79.9. The van der Waals surface area contributed by atoms with Gasteiger partial charge in [-0.3, -0.25) is 0 Å². The number of halogens is 1. The molecule has 1 aliphatic heterocycles. The van der Waals surface area contributed by atoms with Crippen molar-refractivity contribution in [2.45, 2.75) is 32.3 Å². The van der Waals surface area contributed by atoms with E-state index in [1.807, 2.05) is 32.0 Å². The van der Waals surface area contributed by atoms with E-state index < -0.39 is 5.79 Å². The fraction of sp³-hybridized carbons (Fsp3) is 0.583. The van der Waals surface area contributed by atoms with Crippen molar-refractivity contribution in [1.29, 1.82) is 0 Å². The maximum absolute atomic E-state index is 5.70. The molecule has 1 fully saturated rings. The largest absolute Gasteiger partial charge is 0.348 e. The predicted octanol–water partition coefficient (Wildman–Crippen LogP) is 2.09. The summed E-state index contributed by atoms with van der Waals surface area (Å²) in [5, 5.41) is 3.32. The van der Waals surface area contributed by atoms with Crippen LogP contribution in [0.25, 0.3) is 0 Å². The summed E-state index contributed by atoms with van der Waals surface area (Å²) in [6.07, 6.45) is 0.122. The third-order valence-electron chi connectivity index (χ3n) is 2.52. The van der Waals surface area contributed by atoms with E-state index in [0.717, 1.165) is 23.4 Å². The number of pyridine rings is 1. The number of nitrogens with zero attached hydrogens (tertiary/aromatic N) is 1. The molecule has 4 nitrogen and oxygen atoms in total. The second kappa shape index (κ2) is 5.44. The second-order valence-electron chi connectivity index (χ2n) is 4.53. The summed E-state index contributed by atoms with van der Waals surface area (Å²) < 4.78 is 12.0.